The van der Waals surface area contributed by atoms with Gasteiger partial charge in [-0.3, -0.25) is 0 Å². The van der Waals surface area contributed by atoms with Crippen LogP contribution in [0.4, 0.5) is 0 Å². The monoisotopic (exact) mass is 246 g/mol. The number of halogens is 3. The summed E-state index contributed by atoms with van der Waals surface area (Å²) < 4.78 is 0. The van der Waals surface area contributed by atoms with Crippen molar-refractivity contribution in [3.05, 3.63) is 18.2 Å². The average molecular weight is 247 g/mol. The molecule has 1 N–H and O–H groups in total. The summed E-state index contributed by atoms with van der Waals surface area (Å²) in [4.78, 5) is 6.75. The predicted octanol–water partition coefficient (Wildman–Crippen LogP) is 2.78. The average Bonchev–Trinajstić information content (AvgIpc) is 2.15. The molecule has 62 valence electrons. The number of aromatic amines is 1. The fourth-order valence-electron chi connectivity index (χ4n) is 0.344. The molecule has 1 heterocycles. The van der Waals surface area contributed by atoms with Crippen LogP contribution < -0.4 is 0 Å². The number of hydrogen-bond donors (Lipinski definition) is 1. The summed E-state index contributed by atoms with van der Waals surface area (Å²) in [5.74, 6) is 0.968. The number of rotatable bonds is 0. The molecular formula is C4H6Cl3CoN2. The molecular weight excluding hydrogens is 241 g/mol. The van der Waals surface area contributed by atoms with Crippen LogP contribution in [0.1, 0.15) is 5.82 Å². The van der Waals surface area contributed by atoms with Gasteiger partial charge in [0.05, 0.1) is 0 Å². The first-order valence-electron chi connectivity index (χ1n) is 2.23. The summed E-state index contributed by atoms with van der Waals surface area (Å²) in [5.41, 5.74) is 0. The molecule has 0 unspecified atom stereocenters. The van der Waals surface area contributed by atoms with Crippen LogP contribution in [0.2, 0.25) is 0 Å². The minimum absolute atomic E-state index is 0.968. The van der Waals surface area contributed by atoms with Gasteiger partial charge in [-0.15, -0.1) is 0 Å². The van der Waals surface area contributed by atoms with Crippen molar-refractivity contribution in [2.24, 2.45) is 0 Å². The van der Waals surface area contributed by atoms with E-state index in [0.29, 0.717) is 0 Å². The van der Waals surface area contributed by atoms with Gasteiger partial charge in [0, 0.05) is 12.4 Å². The number of nitrogens with zero attached hydrogens (tertiary/aromatic N) is 1. The molecule has 6 heteroatoms. The molecule has 10 heavy (non-hydrogen) atoms. The molecule has 0 spiro atoms. The molecule has 0 fully saturated rings. The molecule has 0 amide bonds. The zero-order chi connectivity index (χ0) is 7.98. The third kappa shape index (κ3) is 8.59. The van der Waals surface area contributed by atoms with Crippen LogP contribution in [0.5, 0.6) is 0 Å². The molecule has 2 nitrogen and oxygen atoms in total. The number of imidazole rings is 1. The topological polar surface area (TPSA) is 28.7 Å². The fourth-order valence-corrected chi connectivity index (χ4v) is 0.344. The van der Waals surface area contributed by atoms with Crippen molar-refractivity contribution in [2.45, 2.75) is 6.92 Å². The van der Waals surface area contributed by atoms with Crippen molar-refractivity contribution in [2.75, 3.05) is 0 Å². The van der Waals surface area contributed by atoms with Crippen LogP contribution in [-0.4, -0.2) is 9.97 Å². The number of hydrogen-bond acceptors (Lipinski definition) is 1. The molecule has 0 aliphatic carbocycles. The first-order valence-corrected chi connectivity index (χ1v) is 6.53. The zero-order valence-corrected chi connectivity index (χ0v) is 8.38. The third-order valence-corrected chi connectivity index (χ3v) is 0.635. The van der Waals surface area contributed by atoms with Crippen molar-refractivity contribution < 1.29 is 10.9 Å². The predicted molar refractivity (Wildman–Crippen MR) is 40.9 cm³/mol. The van der Waals surface area contributed by atoms with Crippen molar-refractivity contribution in [3.8, 4) is 0 Å². The summed E-state index contributed by atoms with van der Waals surface area (Å²) >= 11 is 0. The minimum atomic E-state index is -1.19. The van der Waals surface area contributed by atoms with E-state index in [0.717, 1.165) is 5.82 Å². The molecule has 0 aliphatic rings. The molecule has 1 aromatic rings. The first kappa shape index (κ1) is 10.6. The van der Waals surface area contributed by atoms with Gasteiger partial charge in [-0.05, 0) is 6.92 Å². The summed E-state index contributed by atoms with van der Waals surface area (Å²) in [6.07, 6.45) is 3.53. The van der Waals surface area contributed by atoms with Gasteiger partial charge in [0.15, 0.2) is 0 Å². The van der Waals surface area contributed by atoms with Gasteiger partial charge < -0.3 is 4.98 Å². The van der Waals surface area contributed by atoms with Crippen LogP contribution in [0.3, 0.4) is 0 Å². The van der Waals surface area contributed by atoms with E-state index in [4.69, 9.17) is 30.4 Å². The van der Waals surface area contributed by atoms with Gasteiger partial charge in [-0.1, -0.05) is 0 Å². The maximum absolute atomic E-state index is 4.87. The Balaban J connectivity index is 0.000000180. The standard InChI is InChI=1S/C4H6N2.3ClH.Co/c1-4-5-2-3-6-4;;;;/h2-3H,1H3,(H,5,6);3*1H;/q;;;;+3/p-3. The Labute approximate surface area is 76.4 Å². The van der Waals surface area contributed by atoms with Crippen LogP contribution in [0.25, 0.3) is 0 Å². The van der Waals surface area contributed by atoms with Crippen molar-refractivity contribution in [1.82, 2.24) is 9.97 Å². The van der Waals surface area contributed by atoms with E-state index in [1.807, 2.05) is 6.92 Å². The summed E-state index contributed by atoms with van der Waals surface area (Å²) in [7, 11) is 13.4. The van der Waals surface area contributed by atoms with E-state index < -0.39 is 10.9 Å². The molecule has 1 rings (SSSR count). The molecule has 0 saturated heterocycles. The van der Waals surface area contributed by atoms with Crippen LogP contribution in [0.15, 0.2) is 12.4 Å². The number of aromatic nitrogens is 2. The number of nitrogens with one attached hydrogen (secondary N) is 1. The van der Waals surface area contributed by atoms with E-state index in [-0.39, 0.29) is 0 Å². The normalized spacial score (nSPS) is 9.80. The van der Waals surface area contributed by atoms with E-state index in [1.165, 1.54) is 0 Å². The van der Waals surface area contributed by atoms with Crippen molar-refractivity contribution >= 4 is 30.4 Å². The number of H-pyrrole nitrogens is 1. The molecule has 1 aromatic heterocycles. The molecule has 0 aromatic carbocycles. The van der Waals surface area contributed by atoms with Crippen molar-refractivity contribution in [1.29, 1.82) is 0 Å². The SMILES string of the molecule is Cc1ncc[nH]1.[Cl][Co]([Cl])[Cl]. The Morgan fingerprint density at radius 3 is 2.10 bits per heavy atom. The Morgan fingerprint density at radius 1 is 1.50 bits per heavy atom. The Hall–Kier alpha value is 0.586. The molecule has 0 radical (unpaired) electrons. The van der Waals surface area contributed by atoms with Crippen molar-refractivity contribution in [3.63, 3.8) is 0 Å². The quantitative estimate of drug-likeness (QED) is 0.750. The number of aryl methyl sites for hydroxylation is 1. The van der Waals surface area contributed by atoms with Gasteiger partial charge in [-0.25, -0.2) is 4.98 Å². The third-order valence-electron chi connectivity index (χ3n) is 0.635. The van der Waals surface area contributed by atoms with Crippen LogP contribution in [0, 0.1) is 6.92 Å². The van der Waals surface area contributed by atoms with E-state index >= 15 is 0 Å². The van der Waals surface area contributed by atoms with Gasteiger partial charge >= 0.3 is 41.4 Å². The molecule has 0 atom stereocenters. The van der Waals surface area contributed by atoms with Gasteiger partial charge in [0.1, 0.15) is 5.82 Å². The summed E-state index contributed by atoms with van der Waals surface area (Å²) in [6, 6.07) is 0. The Bertz CT molecular complexity index is 151. The second kappa shape index (κ2) is 6.31. The summed E-state index contributed by atoms with van der Waals surface area (Å²) in [5, 5.41) is 0. The van der Waals surface area contributed by atoms with Gasteiger partial charge in [0.2, 0.25) is 0 Å². The first-order chi connectivity index (χ1) is 4.63. The van der Waals surface area contributed by atoms with E-state index in [2.05, 4.69) is 9.97 Å². The van der Waals surface area contributed by atoms with Crippen LogP contribution >= 0.6 is 30.4 Å². The molecule has 0 aliphatic heterocycles. The van der Waals surface area contributed by atoms with Crippen LogP contribution in [-0.2, 0) is 10.9 Å². The fraction of sp³-hybridized carbons (Fsp3) is 0.250. The maximum atomic E-state index is 4.87. The van der Waals surface area contributed by atoms with Gasteiger partial charge in [-0.2, -0.15) is 0 Å². The second-order valence-electron chi connectivity index (χ2n) is 1.32. The Kier molecular flexibility index (Phi) is 6.68. The Morgan fingerprint density at radius 2 is 2.00 bits per heavy atom. The molecule has 0 bridgehead atoms. The van der Waals surface area contributed by atoms with E-state index in [9.17, 15) is 0 Å². The zero-order valence-electron chi connectivity index (χ0n) is 5.07. The summed E-state index contributed by atoms with van der Waals surface area (Å²) in [6.45, 7) is 1.92. The second-order valence-corrected chi connectivity index (χ2v) is 6.48. The molecule has 0 saturated carbocycles. The van der Waals surface area contributed by atoms with Gasteiger partial charge in [0.25, 0.3) is 0 Å². The van der Waals surface area contributed by atoms with E-state index in [1.54, 1.807) is 12.4 Å².